The Kier molecular flexibility index (Phi) is 7.65. The van der Waals surface area contributed by atoms with Crippen LogP contribution in [0.2, 0.25) is 0 Å². The molecule has 2 aliphatic rings. The molecule has 1 aromatic heterocycles. The predicted molar refractivity (Wildman–Crippen MR) is 147 cm³/mol. The summed E-state index contributed by atoms with van der Waals surface area (Å²) in [5.41, 5.74) is 3.21. The van der Waals surface area contributed by atoms with Crippen LogP contribution in [-0.4, -0.2) is 70.7 Å². The number of amides is 4. The third kappa shape index (κ3) is 5.80. The van der Waals surface area contributed by atoms with Crippen LogP contribution in [0.15, 0.2) is 66.0 Å². The molecule has 39 heavy (non-hydrogen) atoms. The minimum absolute atomic E-state index is 0.0216. The summed E-state index contributed by atoms with van der Waals surface area (Å²) in [7, 11) is 0. The van der Waals surface area contributed by atoms with Crippen LogP contribution in [0, 0.1) is 6.92 Å². The lowest BCUT2D eigenvalue weighted by Gasteiger charge is -2.37. The second-order valence-corrected chi connectivity index (χ2v) is 10.7. The molecule has 2 fully saturated rings. The quantitative estimate of drug-likeness (QED) is 0.503. The molecule has 5 rings (SSSR count). The number of hydrogen-bond donors (Lipinski definition) is 1. The lowest BCUT2D eigenvalue weighted by atomic mass is 9.99. The summed E-state index contributed by atoms with van der Waals surface area (Å²) in [6.07, 6.45) is -1.38. The first kappa shape index (κ1) is 26.4. The summed E-state index contributed by atoms with van der Waals surface area (Å²) < 4.78 is 5.82. The highest BCUT2D eigenvalue weighted by atomic mass is 32.1. The van der Waals surface area contributed by atoms with Gasteiger partial charge >= 0.3 is 6.09 Å². The lowest BCUT2D eigenvalue weighted by Crippen LogP contribution is -2.55. The van der Waals surface area contributed by atoms with E-state index in [0.29, 0.717) is 42.3 Å². The van der Waals surface area contributed by atoms with Crippen LogP contribution >= 0.6 is 11.3 Å². The first-order valence-corrected chi connectivity index (χ1v) is 13.7. The molecule has 2 aromatic carbocycles. The standard InChI is InChI=1S/C29H30N4O5S/c1-19-5-3-6-21(17-19)18-33-25(28(36)32-14-12-31(13-15-32)20(2)34)26(38-29(33)37)22-8-10-23(11-9-22)30-27(35)24-7-4-16-39-24/h3-11,16-17,25-26H,12-15,18H2,1-2H3,(H,30,35)/t25-,26+/m0/s1. The minimum atomic E-state index is -0.867. The Hall–Kier alpha value is -4.18. The smallest absolute Gasteiger partial charge is 0.411 e. The minimum Gasteiger partial charge on any atom is -0.438 e. The molecule has 2 atom stereocenters. The van der Waals surface area contributed by atoms with Crippen molar-refractivity contribution in [1.29, 1.82) is 0 Å². The monoisotopic (exact) mass is 546 g/mol. The third-order valence-electron chi connectivity index (χ3n) is 7.05. The van der Waals surface area contributed by atoms with Gasteiger partial charge in [-0.1, -0.05) is 48.0 Å². The molecule has 9 nitrogen and oxygen atoms in total. The van der Waals surface area contributed by atoms with E-state index in [9.17, 15) is 19.2 Å². The molecule has 0 radical (unpaired) electrons. The van der Waals surface area contributed by atoms with Crippen LogP contribution in [0.5, 0.6) is 0 Å². The number of nitrogens with zero attached hydrogens (tertiary/aromatic N) is 3. The second-order valence-electron chi connectivity index (χ2n) is 9.75. The summed E-state index contributed by atoms with van der Waals surface area (Å²) >= 11 is 1.36. The van der Waals surface area contributed by atoms with E-state index in [1.54, 1.807) is 40.1 Å². The third-order valence-corrected chi connectivity index (χ3v) is 7.92. The highest BCUT2D eigenvalue weighted by Crippen LogP contribution is 2.36. The van der Waals surface area contributed by atoms with E-state index < -0.39 is 18.2 Å². The maximum atomic E-state index is 13.9. The highest BCUT2D eigenvalue weighted by molar-refractivity contribution is 7.12. The van der Waals surface area contributed by atoms with Gasteiger partial charge in [0.05, 0.1) is 11.4 Å². The number of carbonyl (C=O) groups excluding carboxylic acids is 4. The highest BCUT2D eigenvalue weighted by Gasteiger charge is 2.48. The van der Waals surface area contributed by atoms with Gasteiger partial charge in [-0.2, -0.15) is 0 Å². The fraction of sp³-hybridized carbons (Fsp3) is 0.310. The predicted octanol–water partition coefficient (Wildman–Crippen LogP) is 4.06. The molecule has 1 N–H and O–H groups in total. The van der Waals surface area contributed by atoms with Crippen molar-refractivity contribution in [3.8, 4) is 0 Å². The maximum absolute atomic E-state index is 13.9. The Labute approximate surface area is 231 Å². The molecule has 202 valence electrons. The molecule has 10 heteroatoms. The molecule has 0 spiro atoms. The van der Waals surface area contributed by atoms with E-state index in [4.69, 9.17) is 4.74 Å². The van der Waals surface area contributed by atoms with Gasteiger partial charge in [-0.3, -0.25) is 19.3 Å². The van der Waals surface area contributed by atoms with Crippen molar-refractivity contribution in [3.05, 3.63) is 87.6 Å². The average molecular weight is 547 g/mol. The zero-order valence-corrected chi connectivity index (χ0v) is 22.6. The summed E-state index contributed by atoms with van der Waals surface area (Å²) in [6.45, 7) is 5.41. The number of rotatable bonds is 6. The fourth-order valence-corrected chi connectivity index (χ4v) is 5.61. The summed E-state index contributed by atoms with van der Waals surface area (Å²) in [5, 5.41) is 4.70. The van der Waals surface area contributed by atoms with Gasteiger partial charge in [0.25, 0.3) is 5.91 Å². The molecule has 3 heterocycles. The van der Waals surface area contributed by atoms with E-state index in [-0.39, 0.29) is 24.3 Å². The van der Waals surface area contributed by atoms with Gasteiger partial charge in [0.2, 0.25) is 11.8 Å². The molecule has 3 aromatic rings. The number of anilines is 1. The second kappa shape index (κ2) is 11.3. The number of cyclic esters (lactones) is 1. The van der Waals surface area contributed by atoms with Gasteiger partial charge < -0.3 is 19.9 Å². The SMILES string of the molecule is CC(=O)N1CCN(C(=O)[C@@H]2[C@@H](c3ccc(NC(=O)c4cccs4)cc3)OC(=O)N2Cc2cccc(C)c2)CC1. The molecular weight excluding hydrogens is 516 g/mol. The normalized spacial score (nSPS) is 19.1. The summed E-state index contributed by atoms with van der Waals surface area (Å²) in [4.78, 5) is 56.8. The van der Waals surface area contributed by atoms with Crippen LogP contribution in [-0.2, 0) is 20.9 Å². The Balaban J connectivity index is 1.39. The zero-order chi connectivity index (χ0) is 27.5. The lowest BCUT2D eigenvalue weighted by molar-refractivity contribution is -0.142. The van der Waals surface area contributed by atoms with Crippen molar-refractivity contribution < 1.29 is 23.9 Å². The number of thiophene rings is 1. The Morgan fingerprint density at radius 1 is 0.974 bits per heavy atom. The summed E-state index contributed by atoms with van der Waals surface area (Å²) in [5.74, 6) is -0.435. The number of nitrogens with one attached hydrogen (secondary N) is 1. The van der Waals surface area contributed by atoms with E-state index >= 15 is 0 Å². The number of benzene rings is 2. The largest absolute Gasteiger partial charge is 0.438 e. The number of aryl methyl sites for hydroxylation is 1. The van der Waals surface area contributed by atoms with Gasteiger partial charge in [0.15, 0.2) is 12.1 Å². The van der Waals surface area contributed by atoms with Crippen molar-refractivity contribution in [3.63, 3.8) is 0 Å². The number of piperazine rings is 1. The van der Waals surface area contributed by atoms with Gasteiger partial charge in [0, 0.05) is 38.8 Å². The molecule has 0 saturated carbocycles. The Morgan fingerprint density at radius 2 is 1.69 bits per heavy atom. The molecule has 2 saturated heterocycles. The van der Waals surface area contributed by atoms with Crippen LogP contribution in [0.3, 0.4) is 0 Å². The van der Waals surface area contributed by atoms with Crippen LogP contribution in [0.4, 0.5) is 10.5 Å². The fourth-order valence-electron chi connectivity index (χ4n) is 4.99. The van der Waals surface area contributed by atoms with Crippen molar-refractivity contribution in [2.45, 2.75) is 32.5 Å². The van der Waals surface area contributed by atoms with Crippen LogP contribution in [0.25, 0.3) is 0 Å². The van der Waals surface area contributed by atoms with Crippen molar-refractivity contribution in [1.82, 2.24) is 14.7 Å². The summed E-state index contributed by atoms with van der Waals surface area (Å²) in [6, 6.07) is 17.5. The molecular formula is C29H30N4O5S. The van der Waals surface area contributed by atoms with Crippen molar-refractivity contribution in [2.75, 3.05) is 31.5 Å². The Bertz CT molecular complexity index is 1370. The van der Waals surface area contributed by atoms with Crippen LogP contribution in [0.1, 0.15) is 39.4 Å². The molecule has 4 amide bonds. The number of ether oxygens (including phenoxy) is 1. The number of carbonyl (C=O) groups is 4. The van der Waals surface area contributed by atoms with E-state index in [1.807, 2.05) is 42.6 Å². The van der Waals surface area contributed by atoms with E-state index in [2.05, 4.69) is 5.32 Å². The average Bonchev–Trinajstić information content (AvgIpc) is 3.58. The molecule has 0 unspecified atom stereocenters. The molecule has 0 bridgehead atoms. The maximum Gasteiger partial charge on any atom is 0.411 e. The van der Waals surface area contributed by atoms with Gasteiger partial charge in [-0.25, -0.2) is 4.79 Å². The topological polar surface area (TPSA) is 99.3 Å². The Morgan fingerprint density at radius 3 is 2.33 bits per heavy atom. The van der Waals surface area contributed by atoms with Gasteiger partial charge in [-0.05, 0) is 41.6 Å². The molecule has 0 aliphatic carbocycles. The van der Waals surface area contributed by atoms with E-state index in [1.165, 1.54) is 23.2 Å². The van der Waals surface area contributed by atoms with Crippen molar-refractivity contribution >= 4 is 40.8 Å². The zero-order valence-electron chi connectivity index (χ0n) is 21.8. The number of hydrogen-bond acceptors (Lipinski definition) is 6. The van der Waals surface area contributed by atoms with Gasteiger partial charge in [0.1, 0.15) is 0 Å². The first-order chi connectivity index (χ1) is 18.8. The van der Waals surface area contributed by atoms with Crippen LogP contribution < -0.4 is 5.32 Å². The van der Waals surface area contributed by atoms with Crippen molar-refractivity contribution in [2.24, 2.45) is 0 Å². The first-order valence-electron chi connectivity index (χ1n) is 12.8. The van der Waals surface area contributed by atoms with E-state index in [0.717, 1.165) is 11.1 Å². The van der Waals surface area contributed by atoms with Gasteiger partial charge in [-0.15, -0.1) is 11.3 Å². The molecule has 2 aliphatic heterocycles.